The lowest BCUT2D eigenvalue weighted by Crippen LogP contribution is -2.39. The number of benzene rings is 1. The molecule has 2 aliphatic rings. The van der Waals surface area contributed by atoms with E-state index in [4.69, 9.17) is 9.47 Å². The first kappa shape index (κ1) is 16.3. The zero-order chi connectivity index (χ0) is 16.1. The standard InChI is InChI=1S/C19H27NO3/c1-22-18-7-3-2-6-17(18)16-8-10-20(11-9-16)19(21)13-15-5-4-12-23-14-15/h2-3,6-7,15-16H,4-5,8-14H2,1H3. The number of carbonyl (C=O) groups excluding carboxylic acids is 1. The van der Waals surface area contributed by atoms with E-state index in [0.717, 1.165) is 57.7 Å². The van der Waals surface area contributed by atoms with Gasteiger partial charge in [-0.05, 0) is 49.1 Å². The molecule has 2 aliphatic heterocycles. The molecular weight excluding hydrogens is 290 g/mol. The summed E-state index contributed by atoms with van der Waals surface area (Å²) in [6.07, 6.45) is 4.91. The van der Waals surface area contributed by atoms with Gasteiger partial charge in [-0.25, -0.2) is 0 Å². The third-order valence-corrected chi connectivity index (χ3v) is 5.14. The van der Waals surface area contributed by atoms with Crippen LogP contribution in [0.5, 0.6) is 5.75 Å². The lowest BCUT2D eigenvalue weighted by Gasteiger charge is -2.34. The third-order valence-electron chi connectivity index (χ3n) is 5.14. The number of hydrogen-bond acceptors (Lipinski definition) is 3. The molecule has 0 bridgehead atoms. The van der Waals surface area contributed by atoms with Crippen molar-refractivity contribution in [3.8, 4) is 5.75 Å². The normalized spacial score (nSPS) is 22.8. The zero-order valence-corrected chi connectivity index (χ0v) is 14.0. The van der Waals surface area contributed by atoms with Gasteiger partial charge in [0.15, 0.2) is 0 Å². The highest BCUT2D eigenvalue weighted by Crippen LogP contribution is 2.34. The second kappa shape index (κ2) is 7.82. The van der Waals surface area contributed by atoms with E-state index >= 15 is 0 Å². The van der Waals surface area contributed by atoms with Gasteiger partial charge < -0.3 is 14.4 Å². The van der Waals surface area contributed by atoms with E-state index in [1.165, 1.54) is 5.56 Å². The smallest absolute Gasteiger partial charge is 0.222 e. The van der Waals surface area contributed by atoms with Crippen LogP contribution in [0.2, 0.25) is 0 Å². The fourth-order valence-corrected chi connectivity index (χ4v) is 3.79. The van der Waals surface area contributed by atoms with E-state index in [1.807, 2.05) is 17.0 Å². The molecule has 0 aliphatic carbocycles. The number of amides is 1. The molecule has 2 saturated heterocycles. The molecule has 0 saturated carbocycles. The lowest BCUT2D eigenvalue weighted by atomic mass is 9.88. The van der Waals surface area contributed by atoms with Crippen LogP contribution in [0.4, 0.5) is 0 Å². The van der Waals surface area contributed by atoms with Crippen molar-refractivity contribution < 1.29 is 14.3 Å². The summed E-state index contributed by atoms with van der Waals surface area (Å²) in [5, 5.41) is 0. The lowest BCUT2D eigenvalue weighted by molar-refractivity contribution is -0.134. The highest BCUT2D eigenvalue weighted by molar-refractivity contribution is 5.76. The molecule has 1 amide bonds. The van der Waals surface area contributed by atoms with Crippen molar-refractivity contribution >= 4 is 5.91 Å². The van der Waals surface area contributed by atoms with Gasteiger partial charge in [-0.3, -0.25) is 4.79 Å². The number of likely N-dealkylation sites (tertiary alicyclic amines) is 1. The minimum Gasteiger partial charge on any atom is -0.496 e. The number of hydrogen-bond donors (Lipinski definition) is 0. The average Bonchev–Trinajstić information content (AvgIpc) is 2.62. The average molecular weight is 317 g/mol. The van der Waals surface area contributed by atoms with Crippen molar-refractivity contribution in [2.75, 3.05) is 33.4 Å². The molecule has 3 rings (SSSR count). The van der Waals surface area contributed by atoms with Crippen molar-refractivity contribution in [3.63, 3.8) is 0 Å². The van der Waals surface area contributed by atoms with Crippen molar-refractivity contribution in [3.05, 3.63) is 29.8 Å². The fourth-order valence-electron chi connectivity index (χ4n) is 3.79. The SMILES string of the molecule is COc1ccccc1C1CCN(C(=O)CC2CCCOC2)CC1. The molecule has 0 aromatic heterocycles. The van der Waals surface area contributed by atoms with E-state index in [-0.39, 0.29) is 0 Å². The number of carbonyl (C=O) groups is 1. The van der Waals surface area contributed by atoms with Gasteiger partial charge in [0.2, 0.25) is 5.91 Å². The Morgan fingerprint density at radius 2 is 2.04 bits per heavy atom. The number of ether oxygens (including phenoxy) is 2. The van der Waals surface area contributed by atoms with Crippen molar-refractivity contribution in [1.29, 1.82) is 0 Å². The summed E-state index contributed by atoms with van der Waals surface area (Å²) in [5.74, 6) is 2.19. The summed E-state index contributed by atoms with van der Waals surface area (Å²) >= 11 is 0. The Morgan fingerprint density at radius 1 is 1.26 bits per heavy atom. The molecule has 23 heavy (non-hydrogen) atoms. The summed E-state index contributed by atoms with van der Waals surface area (Å²) < 4.78 is 11.0. The Balaban J connectivity index is 1.52. The van der Waals surface area contributed by atoms with Crippen LogP contribution in [0.15, 0.2) is 24.3 Å². The highest BCUT2D eigenvalue weighted by atomic mass is 16.5. The van der Waals surface area contributed by atoms with E-state index in [9.17, 15) is 4.79 Å². The fraction of sp³-hybridized carbons (Fsp3) is 0.632. The Hall–Kier alpha value is -1.55. The minimum absolute atomic E-state index is 0.305. The predicted molar refractivity (Wildman–Crippen MR) is 89.7 cm³/mol. The molecule has 0 spiro atoms. The maximum Gasteiger partial charge on any atom is 0.222 e. The molecule has 1 aromatic carbocycles. The van der Waals surface area contributed by atoms with Gasteiger partial charge in [-0.15, -0.1) is 0 Å². The molecule has 0 N–H and O–H groups in total. The number of para-hydroxylation sites is 1. The summed E-state index contributed by atoms with van der Waals surface area (Å²) in [7, 11) is 1.73. The van der Waals surface area contributed by atoms with Crippen LogP contribution in [0.1, 0.15) is 43.6 Å². The van der Waals surface area contributed by atoms with E-state index in [2.05, 4.69) is 12.1 Å². The zero-order valence-electron chi connectivity index (χ0n) is 14.0. The maximum absolute atomic E-state index is 12.5. The van der Waals surface area contributed by atoms with Crippen LogP contribution in [0, 0.1) is 5.92 Å². The molecule has 1 aromatic rings. The van der Waals surface area contributed by atoms with Gasteiger partial charge in [0.05, 0.1) is 7.11 Å². The number of piperidine rings is 1. The Bertz CT molecular complexity index is 517. The third kappa shape index (κ3) is 4.05. The van der Waals surface area contributed by atoms with Gasteiger partial charge >= 0.3 is 0 Å². The van der Waals surface area contributed by atoms with Crippen molar-refractivity contribution in [1.82, 2.24) is 4.90 Å². The largest absolute Gasteiger partial charge is 0.496 e. The van der Waals surface area contributed by atoms with E-state index in [1.54, 1.807) is 7.11 Å². The molecule has 1 atom stereocenters. The molecule has 0 radical (unpaired) electrons. The Kier molecular flexibility index (Phi) is 5.55. The number of rotatable bonds is 4. The molecular formula is C19H27NO3. The summed E-state index contributed by atoms with van der Waals surface area (Å²) in [4.78, 5) is 14.5. The van der Waals surface area contributed by atoms with Crippen LogP contribution < -0.4 is 4.74 Å². The second-order valence-electron chi connectivity index (χ2n) is 6.68. The Morgan fingerprint density at radius 3 is 2.74 bits per heavy atom. The molecule has 2 heterocycles. The summed E-state index contributed by atoms with van der Waals surface area (Å²) in [5.41, 5.74) is 1.28. The number of nitrogens with zero attached hydrogens (tertiary/aromatic N) is 1. The molecule has 4 heteroatoms. The quantitative estimate of drug-likeness (QED) is 0.856. The first-order chi connectivity index (χ1) is 11.3. The van der Waals surface area contributed by atoms with Crippen LogP contribution in [0.25, 0.3) is 0 Å². The van der Waals surface area contributed by atoms with Crippen molar-refractivity contribution in [2.24, 2.45) is 5.92 Å². The van der Waals surface area contributed by atoms with Crippen LogP contribution in [-0.2, 0) is 9.53 Å². The molecule has 1 unspecified atom stereocenters. The van der Waals surface area contributed by atoms with E-state index in [0.29, 0.717) is 24.2 Å². The predicted octanol–water partition coefficient (Wildman–Crippen LogP) is 3.22. The molecule has 2 fully saturated rings. The molecule has 126 valence electrons. The first-order valence-electron chi connectivity index (χ1n) is 8.76. The van der Waals surface area contributed by atoms with Gasteiger partial charge in [0, 0.05) is 32.7 Å². The van der Waals surface area contributed by atoms with Crippen LogP contribution >= 0.6 is 0 Å². The van der Waals surface area contributed by atoms with Gasteiger partial charge in [-0.1, -0.05) is 18.2 Å². The number of methoxy groups -OCH3 is 1. The van der Waals surface area contributed by atoms with Crippen molar-refractivity contribution in [2.45, 2.75) is 38.0 Å². The van der Waals surface area contributed by atoms with Gasteiger partial charge in [0.25, 0.3) is 0 Å². The van der Waals surface area contributed by atoms with Crippen LogP contribution in [0.3, 0.4) is 0 Å². The monoisotopic (exact) mass is 317 g/mol. The molecule has 4 nitrogen and oxygen atoms in total. The first-order valence-corrected chi connectivity index (χ1v) is 8.76. The summed E-state index contributed by atoms with van der Waals surface area (Å²) in [6, 6.07) is 8.25. The highest BCUT2D eigenvalue weighted by Gasteiger charge is 2.27. The van der Waals surface area contributed by atoms with E-state index < -0.39 is 0 Å². The van der Waals surface area contributed by atoms with Gasteiger partial charge in [0.1, 0.15) is 5.75 Å². The maximum atomic E-state index is 12.5. The van der Waals surface area contributed by atoms with Gasteiger partial charge in [-0.2, -0.15) is 0 Å². The Labute approximate surface area is 138 Å². The second-order valence-corrected chi connectivity index (χ2v) is 6.68. The minimum atomic E-state index is 0.305. The summed E-state index contributed by atoms with van der Waals surface area (Å²) in [6.45, 7) is 3.32. The topological polar surface area (TPSA) is 38.8 Å². The van der Waals surface area contributed by atoms with Crippen LogP contribution in [-0.4, -0.2) is 44.2 Å².